The lowest BCUT2D eigenvalue weighted by Gasteiger charge is -2.13. The van der Waals surface area contributed by atoms with Gasteiger partial charge in [0, 0.05) is 0 Å². The maximum Gasteiger partial charge on any atom is 0.338 e. The van der Waals surface area contributed by atoms with Crippen molar-refractivity contribution in [2.45, 2.75) is 0 Å². The quantitative estimate of drug-likeness (QED) is 0.749. The minimum atomic E-state index is -0.735. The molecule has 0 spiro atoms. The van der Waals surface area contributed by atoms with Crippen molar-refractivity contribution in [1.82, 2.24) is 0 Å². The molecule has 1 rings (SSSR count). The van der Waals surface area contributed by atoms with Crippen molar-refractivity contribution in [3.05, 3.63) is 17.7 Å². The maximum atomic E-state index is 11.7. The van der Waals surface area contributed by atoms with E-state index < -0.39 is 18.5 Å². The number of hydrogen-bond acceptors (Lipinski definition) is 6. The molecule has 0 atom stereocenters. The lowest BCUT2D eigenvalue weighted by atomic mass is 10.2. The lowest BCUT2D eigenvalue weighted by molar-refractivity contribution is -0.121. The van der Waals surface area contributed by atoms with E-state index in [4.69, 9.17) is 24.7 Å². The normalized spacial score (nSPS) is 9.63. The van der Waals surface area contributed by atoms with E-state index in [-0.39, 0.29) is 5.56 Å². The molecule has 104 valence electrons. The number of benzene rings is 1. The number of nitrogens with two attached hydrogens (primary N) is 1. The Hall–Kier alpha value is -2.44. The van der Waals surface area contributed by atoms with Gasteiger partial charge in [-0.3, -0.25) is 4.79 Å². The molecule has 0 saturated carbocycles. The van der Waals surface area contributed by atoms with Crippen LogP contribution < -0.4 is 19.9 Å². The van der Waals surface area contributed by atoms with Crippen LogP contribution in [0.5, 0.6) is 17.2 Å². The molecule has 0 aliphatic heterocycles. The molecule has 1 aromatic rings. The highest BCUT2D eigenvalue weighted by atomic mass is 16.5. The third kappa shape index (κ3) is 3.51. The Morgan fingerprint density at radius 1 is 1.05 bits per heavy atom. The first-order valence-corrected chi connectivity index (χ1v) is 5.29. The Labute approximate surface area is 110 Å². The molecule has 0 aliphatic carbocycles. The summed E-state index contributed by atoms with van der Waals surface area (Å²) in [6, 6.07) is 2.84. The summed E-state index contributed by atoms with van der Waals surface area (Å²) in [4.78, 5) is 22.3. The molecule has 7 heteroatoms. The van der Waals surface area contributed by atoms with E-state index in [1.807, 2.05) is 0 Å². The van der Waals surface area contributed by atoms with Gasteiger partial charge in [0.2, 0.25) is 5.75 Å². The Bertz CT molecular complexity index is 460. The molecule has 0 saturated heterocycles. The van der Waals surface area contributed by atoms with Crippen LogP contribution in [0.4, 0.5) is 0 Å². The number of primary amides is 1. The highest BCUT2D eigenvalue weighted by molar-refractivity contribution is 5.92. The van der Waals surface area contributed by atoms with E-state index in [0.717, 1.165) is 0 Å². The van der Waals surface area contributed by atoms with Gasteiger partial charge in [-0.25, -0.2) is 4.79 Å². The molecule has 0 aromatic heterocycles. The Balaban J connectivity index is 3.08. The molecule has 0 bridgehead atoms. The Kier molecular flexibility index (Phi) is 4.99. The van der Waals surface area contributed by atoms with Gasteiger partial charge in [0.1, 0.15) is 0 Å². The zero-order valence-corrected chi connectivity index (χ0v) is 10.9. The summed E-state index contributed by atoms with van der Waals surface area (Å²) in [7, 11) is 4.30. The Morgan fingerprint density at radius 3 is 1.95 bits per heavy atom. The van der Waals surface area contributed by atoms with E-state index >= 15 is 0 Å². The topological polar surface area (TPSA) is 97.1 Å². The summed E-state index contributed by atoms with van der Waals surface area (Å²) in [5, 5.41) is 0. The van der Waals surface area contributed by atoms with Gasteiger partial charge in [-0.05, 0) is 12.1 Å². The van der Waals surface area contributed by atoms with Crippen LogP contribution in [0, 0.1) is 0 Å². The minimum Gasteiger partial charge on any atom is -0.493 e. The molecule has 1 aromatic carbocycles. The second kappa shape index (κ2) is 6.48. The van der Waals surface area contributed by atoms with Crippen LogP contribution in [0.25, 0.3) is 0 Å². The molecule has 0 radical (unpaired) electrons. The second-order valence-electron chi connectivity index (χ2n) is 3.46. The average molecular weight is 269 g/mol. The van der Waals surface area contributed by atoms with Crippen molar-refractivity contribution in [1.29, 1.82) is 0 Å². The molecule has 0 heterocycles. The van der Waals surface area contributed by atoms with Crippen LogP contribution in [-0.2, 0) is 9.53 Å². The average Bonchev–Trinajstić information content (AvgIpc) is 2.42. The fourth-order valence-electron chi connectivity index (χ4n) is 1.42. The number of amides is 1. The summed E-state index contributed by atoms with van der Waals surface area (Å²) >= 11 is 0. The first-order chi connectivity index (χ1) is 9.03. The molecule has 19 heavy (non-hydrogen) atoms. The zero-order valence-electron chi connectivity index (χ0n) is 10.9. The molecule has 7 nitrogen and oxygen atoms in total. The van der Waals surface area contributed by atoms with Crippen molar-refractivity contribution < 1.29 is 28.5 Å². The van der Waals surface area contributed by atoms with Gasteiger partial charge >= 0.3 is 5.97 Å². The number of carbonyl (C=O) groups excluding carboxylic acids is 2. The zero-order chi connectivity index (χ0) is 14.4. The van der Waals surface area contributed by atoms with E-state index in [1.165, 1.54) is 33.5 Å². The van der Waals surface area contributed by atoms with Crippen LogP contribution in [0.1, 0.15) is 10.4 Å². The number of methoxy groups -OCH3 is 3. The summed E-state index contributed by atoms with van der Waals surface area (Å²) < 4.78 is 20.0. The van der Waals surface area contributed by atoms with E-state index in [1.54, 1.807) is 0 Å². The number of hydrogen-bond donors (Lipinski definition) is 1. The van der Waals surface area contributed by atoms with Crippen LogP contribution in [-0.4, -0.2) is 39.8 Å². The van der Waals surface area contributed by atoms with Crippen molar-refractivity contribution in [2.24, 2.45) is 5.73 Å². The van der Waals surface area contributed by atoms with Gasteiger partial charge in [-0.2, -0.15) is 0 Å². The van der Waals surface area contributed by atoms with Crippen molar-refractivity contribution in [3.8, 4) is 17.2 Å². The summed E-state index contributed by atoms with van der Waals surface area (Å²) in [5.41, 5.74) is 5.05. The Morgan fingerprint density at radius 2 is 1.58 bits per heavy atom. The first-order valence-electron chi connectivity index (χ1n) is 5.29. The smallest absolute Gasteiger partial charge is 0.338 e. The van der Waals surface area contributed by atoms with Gasteiger partial charge in [0.05, 0.1) is 26.9 Å². The predicted molar refractivity (Wildman–Crippen MR) is 65.6 cm³/mol. The van der Waals surface area contributed by atoms with Crippen molar-refractivity contribution in [2.75, 3.05) is 27.9 Å². The third-order valence-corrected chi connectivity index (χ3v) is 2.25. The van der Waals surface area contributed by atoms with Gasteiger partial charge < -0.3 is 24.7 Å². The van der Waals surface area contributed by atoms with Crippen LogP contribution >= 0.6 is 0 Å². The van der Waals surface area contributed by atoms with E-state index in [2.05, 4.69) is 0 Å². The minimum absolute atomic E-state index is 0.163. The fraction of sp³-hybridized carbons (Fsp3) is 0.333. The van der Waals surface area contributed by atoms with Gasteiger partial charge in [-0.1, -0.05) is 0 Å². The molecule has 0 unspecified atom stereocenters. The molecular formula is C12H15NO6. The highest BCUT2D eigenvalue weighted by Gasteiger charge is 2.18. The van der Waals surface area contributed by atoms with E-state index in [0.29, 0.717) is 17.2 Å². The number of carbonyl (C=O) groups is 2. The van der Waals surface area contributed by atoms with Crippen LogP contribution in [0.15, 0.2) is 12.1 Å². The van der Waals surface area contributed by atoms with Gasteiger partial charge in [-0.15, -0.1) is 0 Å². The summed E-state index contributed by atoms with van der Waals surface area (Å²) in [6.07, 6.45) is 0. The number of ether oxygens (including phenoxy) is 4. The second-order valence-corrected chi connectivity index (χ2v) is 3.46. The lowest BCUT2D eigenvalue weighted by Crippen LogP contribution is -2.21. The largest absolute Gasteiger partial charge is 0.493 e. The molecule has 0 fully saturated rings. The van der Waals surface area contributed by atoms with Gasteiger partial charge in [0.15, 0.2) is 18.1 Å². The van der Waals surface area contributed by atoms with Crippen molar-refractivity contribution in [3.63, 3.8) is 0 Å². The number of esters is 1. The molecule has 1 amide bonds. The third-order valence-electron chi connectivity index (χ3n) is 2.25. The first kappa shape index (κ1) is 14.6. The monoisotopic (exact) mass is 269 g/mol. The van der Waals surface area contributed by atoms with Crippen molar-refractivity contribution >= 4 is 11.9 Å². The predicted octanol–water partition coefficient (Wildman–Crippen LogP) is 0.354. The maximum absolute atomic E-state index is 11.7. The molecule has 2 N–H and O–H groups in total. The summed E-state index contributed by atoms with van der Waals surface area (Å²) in [6.45, 7) is -0.491. The standard InChI is InChI=1S/C12H15NO6/c1-16-8-4-7(12(15)19-6-10(13)14)5-9(17-2)11(8)18-3/h4-5H,6H2,1-3H3,(H2,13,14). The fourth-order valence-corrected chi connectivity index (χ4v) is 1.42. The molecular weight excluding hydrogens is 254 g/mol. The van der Waals surface area contributed by atoms with Gasteiger partial charge in [0.25, 0.3) is 5.91 Å². The SMILES string of the molecule is COc1cc(C(=O)OCC(N)=O)cc(OC)c1OC. The highest BCUT2D eigenvalue weighted by Crippen LogP contribution is 2.38. The molecule has 0 aliphatic rings. The van der Waals surface area contributed by atoms with E-state index in [9.17, 15) is 9.59 Å². The van der Waals surface area contributed by atoms with Crippen LogP contribution in [0.2, 0.25) is 0 Å². The summed E-state index contributed by atoms with van der Waals surface area (Å²) in [5.74, 6) is -0.462. The van der Waals surface area contributed by atoms with Crippen LogP contribution in [0.3, 0.4) is 0 Å². The number of rotatable bonds is 6.